The average Bonchev–Trinajstić information content (AvgIpc) is 2.83. The number of nitrogens with two attached hydrogens (primary N) is 1. The van der Waals surface area contributed by atoms with Crippen molar-refractivity contribution < 1.29 is 12.8 Å². The topological polar surface area (TPSA) is 85.3 Å². The van der Waals surface area contributed by atoms with Gasteiger partial charge in [-0.15, -0.1) is 0 Å². The lowest BCUT2D eigenvalue weighted by atomic mass is 10.3. The Labute approximate surface area is 110 Å². The normalized spacial score (nSPS) is 11.6. The number of hydrogen-bond acceptors (Lipinski definition) is 4. The number of benzene rings is 1. The SMILES string of the molecule is Nc1ccc(Cl)cc1S(=O)(=O)NCc1ccco1. The van der Waals surface area contributed by atoms with Gasteiger partial charge in [0.15, 0.2) is 0 Å². The lowest BCUT2D eigenvalue weighted by molar-refractivity contribution is 0.498. The van der Waals surface area contributed by atoms with Crippen LogP contribution in [0.4, 0.5) is 5.69 Å². The molecule has 0 bridgehead atoms. The summed E-state index contributed by atoms with van der Waals surface area (Å²) in [6, 6.07) is 7.63. The predicted molar refractivity (Wildman–Crippen MR) is 68.6 cm³/mol. The van der Waals surface area contributed by atoms with Crippen molar-refractivity contribution in [2.24, 2.45) is 0 Å². The zero-order chi connectivity index (χ0) is 13.2. The Morgan fingerprint density at radius 3 is 2.78 bits per heavy atom. The van der Waals surface area contributed by atoms with Gasteiger partial charge in [0, 0.05) is 5.02 Å². The molecule has 2 rings (SSSR count). The molecule has 0 saturated heterocycles. The highest BCUT2D eigenvalue weighted by atomic mass is 35.5. The predicted octanol–water partition coefficient (Wildman–Crippen LogP) is 1.99. The first-order chi connectivity index (χ1) is 8.49. The molecule has 0 fully saturated rings. The maximum absolute atomic E-state index is 12.0. The molecule has 0 radical (unpaired) electrons. The second kappa shape index (κ2) is 5.01. The molecule has 3 N–H and O–H groups in total. The van der Waals surface area contributed by atoms with Gasteiger partial charge in [-0.25, -0.2) is 13.1 Å². The molecule has 0 amide bonds. The van der Waals surface area contributed by atoms with Crippen LogP contribution in [0.2, 0.25) is 5.02 Å². The van der Waals surface area contributed by atoms with E-state index in [2.05, 4.69) is 4.72 Å². The summed E-state index contributed by atoms with van der Waals surface area (Å²) in [7, 11) is -3.71. The molecule has 0 saturated carbocycles. The van der Waals surface area contributed by atoms with Crippen molar-refractivity contribution in [2.45, 2.75) is 11.4 Å². The molecule has 0 spiro atoms. The molecule has 1 aromatic heterocycles. The number of anilines is 1. The molecular formula is C11H11ClN2O3S. The molecule has 1 heterocycles. The largest absolute Gasteiger partial charge is 0.468 e. The lowest BCUT2D eigenvalue weighted by Crippen LogP contribution is -2.24. The van der Waals surface area contributed by atoms with Gasteiger partial charge in [-0.2, -0.15) is 0 Å². The monoisotopic (exact) mass is 286 g/mol. The van der Waals surface area contributed by atoms with Crippen molar-refractivity contribution >= 4 is 27.3 Å². The summed E-state index contributed by atoms with van der Waals surface area (Å²) in [4.78, 5) is -0.0402. The van der Waals surface area contributed by atoms with E-state index in [0.29, 0.717) is 10.8 Å². The van der Waals surface area contributed by atoms with Crippen molar-refractivity contribution in [1.82, 2.24) is 4.72 Å². The third-order valence-corrected chi connectivity index (χ3v) is 3.97. The fourth-order valence-electron chi connectivity index (χ4n) is 1.40. The molecule has 0 atom stereocenters. The molecule has 18 heavy (non-hydrogen) atoms. The summed E-state index contributed by atoms with van der Waals surface area (Å²) in [6.07, 6.45) is 1.47. The summed E-state index contributed by atoms with van der Waals surface area (Å²) >= 11 is 5.76. The van der Waals surface area contributed by atoms with Crippen LogP contribution < -0.4 is 10.5 Å². The molecule has 0 aliphatic rings. The highest BCUT2D eigenvalue weighted by Gasteiger charge is 2.18. The first-order valence-corrected chi connectivity index (χ1v) is 6.92. The molecule has 96 valence electrons. The van der Waals surface area contributed by atoms with Crippen LogP contribution in [0.5, 0.6) is 0 Å². The van der Waals surface area contributed by atoms with E-state index in [0.717, 1.165) is 0 Å². The van der Waals surface area contributed by atoms with Crippen LogP contribution in [0.25, 0.3) is 0 Å². The number of nitrogens with one attached hydrogen (secondary N) is 1. The molecule has 0 unspecified atom stereocenters. The molecule has 1 aromatic carbocycles. The molecular weight excluding hydrogens is 276 g/mol. The van der Waals surface area contributed by atoms with Crippen LogP contribution >= 0.6 is 11.6 Å². The zero-order valence-electron chi connectivity index (χ0n) is 9.26. The van der Waals surface area contributed by atoms with Crippen LogP contribution in [-0.4, -0.2) is 8.42 Å². The number of rotatable bonds is 4. The number of sulfonamides is 1. The van der Waals surface area contributed by atoms with E-state index < -0.39 is 10.0 Å². The van der Waals surface area contributed by atoms with Crippen LogP contribution in [0, 0.1) is 0 Å². The standard InChI is InChI=1S/C11H11ClN2O3S/c12-8-3-4-10(13)11(6-8)18(15,16)14-7-9-2-1-5-17-9/h1-6,14H,7,13H2. The van der Waals surface area contributed by atoms with E-state index in [1.807, 2.05) is 0 Å². The second-order valence-corrected chi connectivity index (χ2v) is 5.76. The Morgan fingerprint density at radius 2 is 2.11 bits per heavy atom. The summed E-state index contributed by atoms with van der Waals surface area (Å²) in [5.74, 6) is 0.513. The Kier molecular flexibility index (Phi) is 3.60. The highest BCUT2D eigenvalue weighted by Crippen LogP contribution is 2.22. The van der Waals surface area contributed by atoms with E-state index in [-0.39, 0.29) is 17.1 Å². The minimum Gasteiger partial charge on any atom is -0.468 e. The van der Waals surface area contributed by atoms with Crippen LogP contribution in [0.15, 0.2) is 45.9 Å². The van der Waals surface area contributed by atoms with Gasteiger partial charge in [0.05, 0.1) is 18.5 Å². The number of nitrogen functional groups attached to an aromatic ring is 1. The first-order valence-electron chi connectivity index (χ1n) is 5.06. The van der Waals surface area contributed by atoms with E-state index in [1.165, 1.54) is 24.5 Å². The third kappa shape index (κ3) is 2.84. The zero-order valence-corrected chi connectivity index (χ0v) is 10.8. The minimum absolute atomic E-state index is 0.0402. The molecule has 0 aliphatic carbocycles. The van der Waals surface area contributed by atoms with E-state index >= 15 is 0 Å². The maximum atomic E-state index is 12.0. The van der Waals surface area contributed by atoms with Crippen molar-refractivity contribution in [1.29, 1.82) is 0 Å². The van der Waals surface area contributed by atoms with Crippen molar-refractivity contribution in [2.75, 3.05) is 5.73 Å². The van der Waals surface area contributed by atoms with Gasteiger partial charge >= 0.3 is 0 Å². The Hall–Kier alpha value is -1.50. The van der Waals surface area contributed by atoms with Crippen molar-refractivity contribution in [3.8, 4) is 0 Å². The molecule has 7 heteroatoms. The third-order valence-electron chi connectivity index (χ3n) is 2.28. The fourth-order valence-corrected chi connectivity index (χ4v) is 2.78. The summed E-state index contributed by atoms with van der Waals surface area (Å²) in [5, 5.41) is 0.308. The van der Waals surface area contributed by atoms with Crippen LogP contribution in [0.1, 0.15) is 5.76 Å². The molecule has 5 nitrogen and oxygen atoms in total. The quantitative estimate of drug-likeness (QED) is 0.842. The smallest absolute Gasteiger partial charge is 0.243 e. The summed E-state index contributed by atoms with van der Waals surface area (Å²) in [6.45, 7) is 0.0568. The van der Waals surface area contributed by atoms with Gasteiger partial charge in [-0.05, 0) is 30.3 Å². The van der Waals surface area contributed by atoms with Crippen LogP contribution in [0.3, 0.4) is 0 Å². The summed E-state index contributed by atoms with van der Waals surface area (Å²) < 4.78 is 31.4. The van der Waals surface area contributed by atoms with Gasteiger partial charge in [-0.1, -0.05) is 11.6 Å². The number of halogens is 1. The van der Waals surface area contributed by atoms with Crippen molar-refractivity contribution in [3.63, 3.8) is 0 Å². The average molecular weight is 287 g/mol. The Bertz CT molecular complexity index is 638. The van der Waals surface area contributed by atoms with E-state index in [9.17, 15) is 8.42 Å². The minimum atomic E-state index is -3.71. The first kappa shape index (κ1) is 12.9. The maximum Gasteiger partial charge on any atom is 0.243 e. The Balaban J connectivity index is 2.22. The van der Waals surface area contributed by atoms with Crippen molar-refractivity contribution in [3.05, 3.63) is 47.4 Å². The van der Waals surface area contributed by atoms with E-state index in [1.54, 1.807) is 12.1 Å². The molecule has 2 aromatic rings. The highest BCUT2D eigenvalue weighted by molar-refractivity contribution is 7.89. The van der Waals surface area contributed by atoms with Gasteiger partial charge in [0.2, 0.25) is 10.0 Å². The fraction of sp³-hybridized carbons (Fsp3) is 0.0909. The molecule has 0 aliphatic heterocycles. The lowest BCUT2D eigenvalue weighted by Gasteiger charge is -2.08. The number of hydrogen-bond donors (Lipinski definition) is 2. The summed E-state index contributed by atoms with van der Waals surface area (Å²) in [5.41, 5.74) is 5.77. The Morgan fingerprint density at radius 1 is 1.33 bits per heavy atom. The van der Waals surface area contributed by atoms with Crippen LogP contribution in [-0.2, 0) is 16.6 Å². The number of furan rings is 1. The van der Waals surface area contributed by atoms with Gasteiger partial charge < -0.3 is 10.2 Å². The van der Waals surface area contributed by atoms with Gasteiger partial charge in [0.25, 0.3) is 0 Å². The van der Waals surface area contributed by atoms with E-state index in [4.69, 9.17) is 21.8 Å². The second-order valence-electron chi connectivity index (χ2n) is 3.59. The van der Waals surface area contributed by atoms with Gasteiger partial charge in [0.1, 0.15) is 10.7 Å². The van der Waals surface area contributed by atoms with Gasteiger partial charge in [-0.3, -0.25) is 0 Å².